The van der Waals surface area contributed by atoms with Crippen LogP contribution in [0.25, 0.3) is 0 Å². The van der Waals surface area contributed by atoms with Gasteiger partial charge in [0.2, 0.25) is 0 Å². The van der Waals surface area contributed by atoms with Crippen molar-refractivity contribution in [2.45, 2.75) is 52.4 Å². The Morgan fingerprint density at radius 1 is 1.15 bits per heavy atom. The number of unbranched alkanes of at least 4 members (excludes halogenated alkanes) is 2. The van der Waals surface area contributed by atoms with Gasteiger partial charge >= 0.3 is 29.6 Å². The van der Waals surface area contributed by atoms with Gasteiger partial charge in [-0.3, -0.25) is 0 Å². The molecule has 0 bridgehead atoms. The number of carbonyl (C=O) groups is 1. The Morgan fingerprint density at radius 2 is 1.77 bits per heavy atom. The van der Waals surface area contributed by atoms with Crippen molar-refractivity contribution < 1.29 is 39.5 Å². The maximum Gasteiger partial charge on any atom is 1.00 e. The third kappa shape index (κ3) is 8.79. The topological polar surface area (TPSA) is 40.1 Å². The molecular formula is C10H19NaO2. The van der Waals surface area contributed by atoms with Crippen LogP contribution < -0.4 is 34.7 Å². The number of hydrogen-bond donors (Lipinski definition) is 0. The molecule has 0 rings (SSSR count). The monoisotopic (exact) mass is 194 g/mol. The zero-order chi connectivity index (χ0) is 9.40. The predicted octanol–water partition coefficient (Wildman–Crippen LogP) is -1.26. The zero-order valence-electron chi connectivity index (χ0n) is 9.14. The molecule has 72 valence electrons. The summed E-state index contributed by atoms with van der Waals surface area (Å²) in [5.74, 6) is -1.07. The van der Waals surface area contributed by atoms with E-state index in [-0.39, 0.29) is 35.5 Å². The van der Waals surface area contributed by atoms with Gasteiger partial charge in [-0.25, -0.2) is 0 Å². The number of carboxylic acids is 1. The Bertz CT molecular complexity index is 126. The average molecular weight is 194 g/mol. The van der Waals surface area contributed by atoms with Gasteiger partial charge in [0.05, 0.1) is 0 Å². The Balaban J connectivity index is 0. The van der Waals surface area contributed by atoms with Gasteiger partial charge in [-0.15, -0.1) is 0 Å². The van der Waals surface area contributed by atoms with Crippen LogP contribution in [0.2, 0.25) is 0 Å². The van der Waals surface area contributed by atoms with Gasteiger partial charge in [-0.1, -0.05) is 39.5 Å². The molecule has 1 atom stereocenters. The molecule has 0 saturated carbocycles. The average Bonchev–Trinajstić information content (AvgIpc) is 2.03. The van der Waals surface area contributed by atoms with Gasteiger partial charge in [-0.05, 0) is 18.8 Å². The first-order chi connectivity index (χ1) is 5.72. The molecule has 0 N–H and O–H groups in total. The fourth-order valence-corrected chi connectivity index (χ4v) is 1.37. The molecule has 0 aliphatic heterocycles. The smallest absolute Gasteiger partial charge is 0.550 e. The molecule has 2 nitrogen and oxygen atoms in total. The maximum atomic E-state index is 10.6. The molecule has 0 aliphatic carbocycles. The van der Waals surface area contributed by atoms with Gasteiger partial charge in [0.25, 0.3) is 0 Å². The van der Waals surface area contributed by atoms with Crippen LogP contribution >= 0.6 is 0 Å². The van der Waals surface area contributed by atoms with Gasteiger partial charge in [0.1, 0.15) is 0 Å². The quantitative estimate of drug-likeness (QED) is 0.375. The summed E-state index contributed by atoms with van der Waals surface area (Å²) in [5.41, 5.74) is 0. The van der Waals surface area contributed by atoms with Crippen LogP contribution in [0.5, 0.6) is 0 Å². The molecule has 0 aromatic rings. The second kappa shape index (κ2) is 10.6. The minimum absolute atomic E-state index is 0. The van der Waals surface area contributed by atoms with Gasteiger partial charge < -0.3 is 9.90 Å². The zero-order valence-corrected chi connectivity index (χ0v) is 11.1. The molecule has 0 aromatic carbocycles. The van der Waals surface area contributed by atoms with E-state index in [1.807, 2.05) is 6.92 Å². The molecule has 0 saturated heterocycles. The summed E-state index contributed by atoms with van der Waals surface area (Å²) in [5, 5.41) is 10.6. The predicted molar refractivity (Wildman–Crippen MR) is 47.5 cm³/mol. The summed E-state index contributed by atoms with van der Waals surface area (Å²) in [6.45, 7) is 4.13. The largest absolute Gasteiger partial charge is 1.00 e. The SMILES string of the molecule is CCCCCC(CCC)C(=O)[O-].[Na+]. The van der Waals surface area contributed by atoms with E-state index >= 15 is 0 Å². The van der Waals surface area contributed by atoms with Crippen molar-refractivity contribution in [3.05, 3.63) is 0 Å². The van der Waals surface area contributed by atoms with Crippen molar-refractivity contribution in [2.75, 3.05) is 0 Å². The van der Waals surface area contributed by atoms with Crippen LogP contribution in [-0.4, -0.2) is 5.97 Å². The standard InChI is InChI=1S/C10H20O2.Na/c1-3-5-6-8-9(7-4-2)10(11)12;/h9H,3-8H2,1-2H3,(H,11,12);/q;+1/p-1. The summed E-state index contributed by atoms with van der Waals surface area (Å²) >= 11 is 0. The molecular weight excluding hydrogens is 175 g/mol. The molecule has 0 aromatic heterocycles. The minimum Gasteiger partial charge on any atom is -0.550 e. The normalized spacial score (nSPS) is 11.8. The van der Waals surface area contributed by atoms with Crippen LogP contribution in [0.15, 0.2) is 0 Å². The van der Waals surface area contributed by atoms with E-state index in [1.54, 1.807) is 0 Å². The Kier molecular flexibility index (Phi) is 12.9. The van der Waals surface area contributed by atoms with Crippen molar-refractivity contribution in [1.29, 1.82) is 0 Å². The van der Waals surface area contributed by atoms with Crippen molar-refractivity contribution in [3.8, 4) is 0 Å². The Hall–Kier alpha value is 0.470. The summed E-state index contributed by atoms with van der Waals surface area (Å²) < 4.78 is 0. The second-order valence-electron chi connectivity index (χ2n) is 3.30. The van der Waals surface area contributed by atoms with Crippen LogP contribution in [-0.2, 0) is 4.79 Å². The third-order valence-electron chi connectivity index (χ3n) is 2.13. The van der Waals surface area contributed by atoms with E-state index in [0.717, 1.165) is 38.5 Å². The van der Waals surface area contributed by atoms with Crippen molar-refractivity contribution >= 4 is 5.97 Å². The third-order valence-corrected chi connectivity index (χ3v) is 2.13. The summed E-state index contributed by atoms with van der Waals surface area (Å²) in [6, 6.07) is 0. The van der Waals surface area contributed by atoms with Gasteiger partial charge in [-0.2, -0.15) is 0 Å². The Morgan fingerprint density at radius 3 is 2.15 bits per heavy atom. The van der Waals surface area contributed by atoms with Crippen LogP contribution in [0.1, 0.15) is 52.4 Å². The van der Waals surface area contributed by atoms with E-state index in [2.05, 4.69) is 6.92 Å². The maximum absolute atomic E-state index is 10.6. The molecule has 0 fully saturated rings. The molecule has 0 spiro atoms. The second-order valence-corrected chi connectivity index (χ2v) is 3.30. The van der Waals surface area contributed by atoms with Crippen molar-refractivity contribution in [1.82, 2.24) is 0 Å². The number of rotatable bonds is 7. The van der Waals surface area contributed by atoms with Crippen LogP contribution in [0.4, 0.5) is 0 Å². The molecule has 0 radical (unpaired) electrons. The summed E-state index contributed by atoms with van der Waals surface area (Å²) in [7, 11) is 0. The van der Waals surface area contributed by atoms with Crippen LogP contribution in [0, 0.1) is 5.92 Å². The van der Waals surface area contributed by atoms with Crippen molar-refractivity contribution in [2.24, 2.45) is 5.92 Å². The fraction of sp³-hybridized carbons (Fsp3) is 0.900. The van der Waals surface area contributed by atoms with E-state index in [4.69, 9.17) is 0 Å². The first kappa shape index (κ1) is 15.9. The van der Waals surface area contributed by atoms with E-state index in [0.29, 0.717) is 0 Å². The summed E-state index contributed by atoms with van der Waals surface area (Å²) in [6.07, 6.45) is 5.80. The molecule has 1 unspecified atom stereocenters. The summed E-state index contributed by atoms with van der Waals surface area (Å²) in [4.78, 5) is 10.6. The van der Waals surface area contributed by atoms with E-state index in [9.17, 15) is 9.90 Å². The first-order valence-corrected chi connectivity index (χ1v) is 4.93. The molecule has 0 heterocycles. The number of carbonyl (C=O) groups excluding carboxylic acids is 1. The number of carboxylic acid groups (broad SMARTS) is 1. The van der Waals surface area contributed by atoms with E-state index in [1.165, 1.54) is 0 Å². The van der Waals surface area contributed by atoms with Gasteiger partial charge in [0, 0.05) is 5.97 Å². The van der Waals surface area contributed by atoms with Crippen LogP contribution in [0.3, 0.4) is 0 Å². The minimum atomic E-state index is -0.868. The molecule has 3 heteroatoms. The fourth-order valence-electron chi connectivity index (χ4n) is 1.37. The molecule has 13 heavy (non-hydrogen) atoms. The number of aliphatic carboxylic acids is 1. The van der Waals surface area contributed by atoms with E-state index < -0.39 is 5.97 Å². The molecule has 0 amide bonds. The Labute approximate surface area is 103 Å². The molecule has 0 aliphatic rings. The van der Waals surface area contributed by atoms with Gasteiger partial charge in [0.15, 0.2) is 0 Å². The number of hydrogen-bond acceptors (Lipinski definition) is 2. The van der Waals surface area contributed by atoms with Crippen molar-refractivity contribution in [3.63, 3.8) is 0 Å². The first-order valence-electron chi connectivity index (χ1n) is 4.93.